The highest BCUT2D eigenvalue weighted by molar-refractivity contribution is 5.76. The van der Waals surface area contributed by atoms with Crippen molar-refractivity contribution in [2.75, 3.05) is 6.61 Å². The quantitative estimate of drug-likeness (QED) is 0.0420. The maximum absolute atomic E-state index is 12.5. The molecular weight excluding hydrogens is 927 g/mol. The van der Waals surface area contributed by atoms with Crippen molar-refractivity contribution in [2.24, 2.45) is 0 Å². The highest BCUT2D eigenvalue weighted by Gasteiger charge is 2.18. The molecule has 0 aromatic heterocycles. The lowest BCUT2D eigenvalue weighted by molar-refractivity contribution is -0.123. The van der Waals surface area contributed by atoms with E-state index in [1.807, 2.05) is 6.08 Å². The lowest BCUT2D eigenvalue weighted by Crippen LogP contribution is -2.45. The van der Waals surface area contributed by atoms with Gasteiger partial charge in [-0.05, 0) is 57.8 Å². The first-order valence-corrected chi connectivity index (χ1v) is 34.5. The molecule has 1 amide bonds. The fourth-order valence-corrected chi connectivity index (χ4v) is 10.8. The van der Waals surface area contributed by atoms with E-state index in [9.17, 15) is 15.0 Å². The molecule has 3 N–H and O–H groups in total. The largest absolute Gasteiger partial charge is 0.394 e. The highest BCUT2D eigenvalue weighted by Crippen LogP contribution is 2.19. The normalized spacial score (nSPS) is 13.1. The Morgan fingerprint density at radius 1 is 0.329 bits per heavy atom. The van der Waals surface area contributed by atoms with Gasteiger partial charge in [0.05, 0.1) is 18.8 Å². The number of carbonyl (C=O) groups is 1. The molecule has 0 aromatic rings. The predicted octanol–water partition coefficient (Wildman–Crippen LogP) is 23.5. The van der Waals surface area contributed by atoms with Crippen molar-refractivity contribution in [3.8, 4) is 0 Å². The van der Waals surface area contributed by atoms with E-state index in [1.54, 1.807) is 6.08 Å². The molecule has 0 rings (SSSR count). The van der Waals surface area contributed by atoms with E-state index >= 15 is 0 Å². The second-order valence-corrected chi connectivity index (χ2v) is 23.6. The molecule has 0 aromatic carbocycles. The Kier molecular flexibility index (Phi) is 65.7. The van der Waals surface area contributed by atoms with Crippen molar-refractivity contribution >= 4 is 5.91 Å². The second-order valence-electron chi connectivity index (χ2n) is 23.6. The molecule has 0 saturated carbocycles. The number of aliphatic hydroxyl groups is 2. The van der Waals surface area contributed by atoms with E-state index in [4.69, 9.17) is 0 Å². The van der Waals surface area contributed by atoms with E-state index in [0.717, 1.165) is 51.4 Å². The van der Waals surface area contributed by atoms with Gasteiger partial charge in [0.25, 0.3) is 0 Å². The standard InChI is InChI=1S/C72H135NO3/c1-3-5-7-9-11-13-15-17-19-21-23-25-27-29-31-32-33-34-35-36-37-38-39-40-42-44-46-48-50-52-54-56-58-60-62-64-66-68-72(76)73-70(69-74)71(75)67-65-63-61-59-57-55-53-51-49-47-45-43-41-30-28-26-24-22-20-18-16-14-12-10-8-6-4-2/h5,7,11,13,17,19,23,25,65,67,70-71,74-75H,3-4,6,8-10,12,14-16,18,20-22,24,26-64,66,68-69H2,1-2H3,(H,73,76)/b7-5-,13-11-,19-17-,25-23-,67-65+. The third-order valence-electron chi connectivity index (χ3n) is 16.0. The number of carbonyl (C=O) groups excluding carboxylic acids is 1. The predicted molar refractivity (Wildman–Crippen MR) is 341 cm³/mol. The number of allylic oxidation sites excluding steroid dienone is 9. The highest BCUT2D eigenvalue weighted by atomic mass is 16.3. The molecule has 0 spiro atoms. The van der Waals surface area contributed by atoms with Crippen LogP contribution in [0.2, 0.25) is 0 Å². The molecule has 446 valence electrons. The Hall–Kier alpha value is -1.91. The third kappa shape index (κ3) is 62.9. The molecule has 0 radical (unpaired) electrons. The number of unbranched alkanes of at least 4 members (excludes halogenated alkanes) is 49. The van der Waals surface area contributed by atoms with Gasteiger partial charge in [-0.15, -0.1) is 0 Å². The maximum Gasteiger partial charge on any atom is 0.220 e. The first kappa shape index (κ1) is 74.1. The Labute approximate surface area is 477 Å². The maximum atomic E-state index is 12.5. The minimum atomic E-state index is -0.840. The van der Waals surface area contributed by atoms with Crippen molar-refractivity contribution < 1.29 is 15.0 Å². The van der Waals surface area contributed by atoms with Gasteiger partial charge in [0.1, 0.15) is 0 Å². The summed E-state index contributed by atoms with van der Waals surface area (Å²) in [6, 6.07) is -0.623. The monoisotopic (exact) mass is 1060 g/mol. The van der Waals surface area contributed by atoms with Crippen LogP contribution in [0.15, 0.2) is 60.8 Å². The molecule has 2 atom stereocenters. The minimum Gasteiger partial charge on any atom is -0.394 e. The number of hydrogen-bond acceptors (Lipinski definition) is 3. The van der Waals surface area contributed by atoms with Crippen LogP contribution in [0.1, 0.15) is 373 Å². The third-order valence-corrected chi connectivity index (χ3v) is 16.0. The Balaban J connectivity index is 3.42. The van der Waals surface area contributed by atoms with Crippen LogP contribution >= 0.6 is 0 Å². The molecule has 0 heterocycles. The zero-order valence-electron chi connectivity index (χ0n) is 51.5. The van der Waals surface area contributed by atoms with Crippen LogP contribution in [0, 0.1) is 0 Å². The van der Waals surface area contributed by atoms with Gasteiger partial charge in [0, 0.05) is 6.42 Å². The van der Waals surface area contributed by atoms with Crippen molar-refractivity contribution in [3.05, 3.63) is 60.8 Å². The van der Waals surface area contributed by atoms with Crippen LogP contribution in [0.3, 0.4) is 0 Å². The molecule has 0 aliphatic heterocycles. The summed E-state index contributed by atoms with van der Waals surface area (Å²) >= 11 is 0. The van der Waals surface area contributed by atoms with Gasteiger partial charge in [-0.25, -0.2) is 0 Å². The number of nitrogens with one attached hydrogen (secondary N) is 1. The molecular formula is C72H135NO3. The molecule has 76 heavy (non-hydrogen) atoms. The van der Waals surface area contributed by atoms with Gasteiger partial charge in [-0.1, -0.05) is 370 Å². The molecule has 0 bridgehead atoms. The van der Waals surface area contributed by atoms with Gasteiger partial charge >= 0.3 is 0 Å². The summed E-state index contributed by atoms with van der Waals surface area (Å²) in [6.07, 6.45) is 95.9. The summed E-state index contributed by atoms with van der Waals surface area (Å²) in [6.45, 7) is 4.24. The van der Waals surface area contributed by atoms with Gasteiger partial charge in [-0.3, -0.25) is 4.79 Å². The topological polar surface area (TPSA) is 69.6 Å². The number of hydrogen-bond donors (Lipinski definition) is 3. The number of aliphatic hydroxyl groups excluding tert-OH is 2. The van der Waals surface area contributed by atoms with E-state index in [-0.39, 0.29) is 12.5 Å². The van der Waals surface area contributed by atoms with Crippen LogP contribution in [0.25, 0.3) is 0 Å². The summed E-state index contributed by atoms with van der Waals surface area (Å²) in [5.74, 6) is -0.0565. The van der Waals surface area contributed by atoms with Crippen LogP contribution in [-0.4, -0.2) is 34.9 Å². The average molecular weight is 1060 g/mol. The van der Waals surface area contributed by atoms with Gasteiger partial charge in [0.15, 0.2) is 0 Å². The zero-order chi connectivity index (χ0) is 54.8. The summed E-state index contributed by atoms with van der Waals surface area (Å²) in [4.78, 5) is 12.5. The summed E-state index contributed by atoms with van der Waals surface area (Å²) in [5.41, 5.74) is 0. The molecule has 0 saturated heterocycles. The molecule has 4 heteroatoms. The molecule has 0 fully saturated rings. The lowest BCUT2D eigenvalue weighted by atomic mass is 10.0. The molecule has 2 unspecified atom stereocenters. The Morgan fingerprint density at radius 2 is 0.579 bits per heavy atom. The Bertz CT molecular complexity index is 1250. The van der Waals surface area contributed by atoms with E-state index in [0.29, 0.717) is 6.42 Å². The molecule has 0 aliphatic carbocycles. The van der Waals surface area contributed by atoms with Crippen molar-refractivity contribution in [2.45, 2.75) is 386 Å². The Morgan fingerprint density at radius 3 is 0.868 bits per heavy atom. The lowest BCUT2D eigenvalue weighted by Gasteiger charge is -2.20. The average Bonchev–Trinajstić information content (AvgIpc) is 3.42. The van der Waals surface area contributed by atoms with Crippen molar-refractivity contribution in [1.82, 2.24) is 5.32 Å². The summed E-state index contributed by atoms with van der Waals surface area (Å²) in [7, 11) is 0. The van der Waals surface area contributed by atoms with E-state index in [2.05, 4.69) is 67.8 Å². The fourth-order valence-electron chi connectivity index (χ4n) is 10.8. The van der Waals surface area contributed by atoms with Gasteiger partial charge in [0.2, 0.25) is 5.91 Å². The van der Waals surface area contributed by atoms with Crippen molar-refractivity contribution in [1.29, 1.82) is 0 Å². The van der Waals surface area contributed by atoms with Gasteiger partial charge < -0.3 is 15.5 Å². The first-order chi connectivity index (χ1) is 37.7. The van der Waals surface area contributed by atoms with Crippen LogP contribution in [0.5, 0.6) is 0 Å². The fraction of sp³-hybridized carbons (Fsp3) is 0.847. The van der Waals surface area contributed by atoms with E-state index < -0.39 is 12.1 Å². The first-order valence-electron chi connectivity index (χ1n) is 34.5. The van der Waals surface area contributed by atoms with Crippen molar-refractivity contribution in [3.63, 3.8) is 0 Å². The van der Waals surface area contributed by atoms with Crippen LogP contribution in [0.4, 0.5) is 0 Å². The number of rotatable bonds is 64. The smallest absolute Gasteiger partial charge is 0.220 e. The van der Waals surface area contributed by atoms with Gasteiger partial charge in [-0.2, -0.15) is 0 Å². The van der Waals surface area contributed by atoms with Crippen LogP contribution in [-0.2, 0) is 4.79 Å². The summed E-state index contributed by atoms with van der Waals surface area (Å²) < 4.78 is 0. The zero-order valence-corrected chi connectivity index (χ0v) is 51.5. The molecule has 4 nitrogen and oxygen atoms in total. The minimum absolute atomic E-state index is 0.0565. The second kappa shape index (κ2) is 67.4. The summed E-state index contributed by atoms with van der Waals surface area (Å²) in [5, 5.41) is 23.3. The van der Waals surface area contributed by atoms with Crippen LogP contribution < -0.4 is 5.32 Å². The molecule has 0 aliphatic rings. The van der Waals surface area contributed by atoms with E-state index in [1.165, 1.54) is 302 Å². The number of amides is 1. The SMILES string of the molecule is CC/C=C\C/C=C\C/C=C\C/C=C\CCCCCCCCCCCCCCCCCCCCCCCCCCC(=O)NC(CO)C(O)/C=C/CCCCCCCCCCCCCCCCCCCCCCCCCCC.